The van der Waals surface area contributed by atoms with Crippen LogP contribution in [0.15, 0.2) is 18.2 Å². The third kappa shape index (κ3) is 5.59. The highest BCUT2D eigenvalue weighted by Gasteiger charge is 2.10. The van der Waals surface area contributed by atoms with Crippen LogP contribution in [0.5, 0.6) is 0 Å². The van der Waals surface area contributed by atoms with Crippen LogP contribution in [-0.2, 0) is 4.74 Å². The maximum absolute atomic E-state index is 12.0. The number of nitrogens with one attached hydrogen (secondary N) is 2. The first-order valence-electron chi connectivity index (χ1n) is 6.97. The lowest BCUT2D eigenvalue weighted by atomic mass is 10.1. The second-order valence-electron chi connectivity index (χ2n) is 5.27. The first-order chi connectivity index (χ1) is 9.54. The van der Waals surface area contributed by atoms with E-state index in [-0.39, 0.29) is 5.91 Å². The molecule has 1 rings (SSSR count). The monoisotopic (exact) mass is 279 g/mol. The van der Waals surface area contributed by atoms with Gasteiger partial charge in [-0.2, -0.15) is 0 Å². The molecule has 1 amide bonds. The van der Waals surface area contributed by atoms with Gasteiger partial charge in [0.05, 0.1) is 11.3 Å². The van der Waals surface area contributed by atoms with Crippen molar-refractivity contribution >= 4 is 11.6 Å². The zero-order chi connectivity index (χ0) is 15.0. The molecule has 0 aliphatic rings. The van der Waals surface area contributed by atoms with Gasteiger partial charge in [0.1, 0.15) is 0 Å². The van der Waals surface area contributed by atoms with Crippen molar-refractivity contribution in [3.63, 3.8) is 0 Å². The molecule has 0 aliphatic heterocycles. The number of rotatable bonds is 8. The number of benzene rings is 1. The lowest BCUT2D eigenvalue weighted by Gasteiger charge is -2.11. The minimum Gasteiger partial charge on any atom is -0.381 e. The van der Waals surface area contributed by atoms with E-state index < -0.39 is 0 Å². The van der Waals surface area contributed by atoms with Gasteiger partial charge in [-0.25, -0.2) is 0 Å². The van der Waals surface area contributed by atoms with Crippen LogP contribution < -0.4 is 16.6 Å². The Morgan fingerprint density at radius 1 is 1.40 bits per heavy atom. The molecule has 0 unspecified atom stereocenters. The Bertz CT molecular complexity index is 433. The lowest BCUT2D eigenvalue weighted by Crippen LogP contribution is -2.27. The van der Waals surface area contributed by atoms with Crippen molar-refractivity contribution in [3.05, 3.63) is 29.3 Å². The number of hydrogen-bond acceptors (Lipinski definition) is 4. The Morgan fingerprint density at radius 3 is 2.80 bits per heavy atom. The van der Waals surface area contributed by atoms with Crippen molar-refractivity contribution in [2.75, 3.05) is 25.2 Å². The number of amides is 1. The summed E-state index contributed by atoms with van der Waals surface area (Å²) in [6, 6.07) is 5.51. The Hall–Kier alpha value is -1.59. The van der Waals surface area contributed by atoms with Gasteiger partial charge >= 0.3 is 0 Å². The van der Waals surface area contributed by atoms with Gasteiger partial charge in [-0.05, 0) is 37.0 Å². The second-order valence-corrected chi connectivity index (χ2v) is 5.27. The van der Waals surface area contributed by atoms with E-state index in [0.717, 1.165) is 18.6 Å². The molecule has 5 heteroatoms. The molecule has 4 N–H and O–H groups in total. The topological polar surface area (TPSA) is 76.4 Å². The fourth-order valence-electron chi connectivity index (χ4n) is 1.77. The Morgan fingerprint density at radius 2 is 2.15 bits per heavy atom. The summed E-state index contributed by atoms with van der Waals surface area (Å²) in [4.78, 5) is 12.0. The normalized spacial score (nSPS) is 10.7. The number of anilines is 1. The van der Waals surface area contributed by atoms with Gasteiger partial charge in [0.15, 0.2) is 0 Å². The summed E-state index contributed by atoms with van der Waals surface area (Å²) in [6.45, 7) is 8.19. The number of aryl methyl sites for hydroxylation is 1. The van der Waals surface area contributed by atoms with E-state index in [0.29, 0.717) is 30.3 Å². The number of hydrazine groups is 1. The van der Waals surface area contributed by atoms with E-state index in [1.54, 1.807) is 6.07 Å². The number of carbonyl (C=O) groups excluding carboxylic acids is 1. The largest absolute Gasteiger partial charge is 0.381 e. The molecule has 0 saturated heterocycles. The van der Waals surface area contributed by atoms with Gasteiger partial charge in [-0.15, -0.1) is 0 Å². The van der Waals surface area contributed by atoms with Crippen LogP contribution in [0.2, 0.25) is 0 Å². The molecule has 1 aromatic rings. The van der Waals surface area contributed by atoms with Gasteiger partial charge in [0.25, 0.3) is 5.91 Å². The minimum absolute atomic E-state index is 0.123. The first kappa shape index (κ1) is 16.5. The molecular weight excluding hydrogens is 254 g/mol. The Balaban J connectivity index is 2.36. The maximum atomic E-state index is 12.0. The van der Waals surface area contributed by atoms with Crippen LogP contribution in [0.1, 0.15) is 36.2 Å². The average Bonchev–Trinajstić information content (AvgIpc) is 2.41. The van der Waals surface area contributed by atoms with Gasteiger partial charge in [-0.1, -0.05) is 19.9 Å². The standard InChI is InChI=1S/C15H25N3O2/c1-11(2)10-20-8-4-7-17-15(19)13-6-5-12(3)9-14(13)18-16/h5-6,9,11,18H,4,7-8,10,16H2,1-3H3,(H,17,19). The van der Waals surface area contributed by atoms with Crippen molar-refractivity contribution < 1.29 is 9.53 Å². The third-order valence-electron chi connectivity index (χ3n) is 2.78. The Kier molecular flexibility index (Phi) is 7.04. The predicted octanol–water partition coefficient (Wildman–Crippen LogP) is 2.07. The summed E-state index contributed by atoms with van der Waals surface area (Å²) in [5, 5.41) is 2.87. The maximum Gasteiger partial charge on any atom is 0.253 e. The molecule has 1 aromatic carbocycles. The summed E-state index contributed by atoms with van der Waals surface area (Å²) in [7, 11) is 0. The molecule has 0 spiro atoms. The van der Waals surface area contributed by atoms with Gasteiger partial charge < -0.3 is 15.5 Å². The van der Waals surface area contributed by atoms with Crippen LogP contribution >= 0.6 is 0 Å². The molecule has 5 nitrogen and oxygen atoms in total. The summed E-state index contributed by atoms with van der Waals surface area (Å²) in [5.41, 5.74) is 4.80. The molecular formula is C15H25N3O2. The fourth-order valence-corrected chi connectivity index (χ4v) is 1.77. The number of nitrogens with two attached hydrogens (primary N) is 1. The molecule has 0 radical (unpaired) electrons. The molecule has 0 aliphatic carbocycles. The summed E-state index contributed by atoms with van der Waals surface area (Å²) in [6.07, 6.45) is 0.801. The lowest BCUT2D eigenvalue weighted by molar-refractivity contribution is 0.0925. The minimum atomic E-state index is -0.123. The molecule has 0 bridgehead atoms. The highest BCUT2D eigenvalue weighted by atomic mass is 16.5. The van der Waals surface area contributed by atoms with Crippen molar-refractivity contribution in [1.82, 2.24) is 5.32 Å². The molecule has 0 fully saturated rings. The summed E-state index contributed by atoms with van der Waals surface area (Å²) < 4.78 is 5.46. The van der Waals surface area contributed by atoms with Crippen LogP contribution in [0.25, 0.3) is 0 Å². The van der Waals surface area contributed by atoms with Crippen molar-refractivity contribution in [2.45, 2.75) is 27.2 Å². The zero-order valence-electron chi connectivity index (χ0n) is 12.5. The fraction of sp³-hybridized carbons (Fsp3) is 0.533. The van der Waals surface area contributed by atoms with Gasteiger partial charge in [0, 0.05) is 19.8 Å². The number of hydrogen-bond donors (Lipinski definition) is 3. The average molecular weight is 279 g/mol. The highest BCUT2D eigenvalue weighted by molar-refractivity contribution is 5.99. The highest BCUT2D eigenvalue weighted by Crippen LogP contribution is 2.16. The molecule has 0 atom stereocenters. The smallest absolute Gasteiger partial charge is 0.253 e. The second kappa shape index (κ2) is 8.55. The van der Waals surface area contributed by atoms with Crippen LogP contribution in [-0.4, -0.2) is 25.7 Å². The Labute approximate surface area is 120 Å². The van der Waals surface area contributed by atoms with Crippen molar-refractivity contribution in [3.8, 4) is 0 Å². The molecule has 20 heavy (non-hydrogen) atoms. The van der Waals surface area contributed by atoms with Crippen LogP contribution in [0.4, 0.5) is 5.69 Å². The predicted molar refractivity (Wildman–Crippen MR) is 81.6 cm³/mol. The van der Waals surface area contributed by atoms with E-state index in [2.05, 4.69) is 24.6 Å². The SMILES string of the molecule is Cc1ccc(C(=O)NCCCOCC(C)C)c(NN)c1. The number of ether oxygens (including phenoxy) is 1. The van der Waals surface area contributed by atoms with Crippen molar-refractivity contribution in [2.24, 2.45) is 11.8 Å². The molecule has 0 heterocycles. The molecule has 0 saturated carbocycles. The van der Waals surface area contributed by atoms with E-state index in [1.807, 2.05) is 19.1 Å². The van der Waals surface area contributed by atoms with E-state index in [4.69, 9.17) is 10.6 Å². The van der Waals surface area contributed by atoms with Crippen molar-refractivity contribution in [1.29, 1.82) is 0 Å². The van der Waals surface area contributed by atoms with Crippen LogP contribution in [0, 0.1) is 12.8 Å². The van der Waals surface area contributed by atoms with E-state index in [1.165, 1.54) is 0 Å². The van der Waals surface area contributed by atoms with Gasteiger partial charge in [0.2, 0.25) is 0 Å². The number of carbonyl (C=O) groups is 1. The third-order valence-corrected chi connectivity index (χ3v) is 2.78. The first-order valence-corrected chi connectivity index (χ1v) is 6.97. The van der Waals surface area contributed by atoms with Gasteiger partial charge in [-0.3, -0.25) is 10.6 Å². The molecule has 112 valence electrons. The van der Waals surface area contributed by atoms with E-state index >= 15 is 0 Å². The number of nitrogen functional groups attached to an aromatic ring is 1. The molecule has 0 aromatic heterocycles. The quantitative estimate of drug-likeness (QED) is 0.387. The zero-order valence-corrected chi connectivity index (χ0v) is 12.5. The summed E-state index contributed by atoms with van der Waals surface area (Å²) >= 11 is 0. The summed E-state index contributed by atoms with van der Waals surface area (Å²) in [5.74, 6) is 5.84. The van der Waals surface area contributed by atoms with E-state index in [9.17, 15) is 4.79 Å². The van der Waals surface area contributed by atoms with Crippen LogP contribution in [0.3, 0.4) is 0 Å².